The zero-order valence-corrected chi connectivity index (χ0v) is 12.8. The van der Waals surface area contributed by atoms with Gasteiger partial charge < -0.3 is 14.4 Å². The summed E-state index contributed by atoms with van der Waals surface area (Å²) in [5, 5.41) is 0. The predicted octanol–water partition coefficient (Wildman–Crippen LogP) is 0.509. The number of methoxy groups -OCH3 is 1. The minimum Gasteiger partial charge on any atom is -0.469 e. The third-order valence-corrected chi connectivity index (χ3v) is 3.65. The number of ether oxygens (including phenoxy) is 2. The SMILES string of the molecule is CCOC(=O)C(CC)N1CCN(CCC(=O)OC)CC1. The molecule has 1 atom stereocenters. The zero-order valence-electron chi connectivity index (χ0n) is 12.8. The minimum absolute atomic E-state index is 0.127. The highest BCUT2D eigenvalue weighted by Gasteiger charge is 2.28. The van der Waals surface area contributed by atoms with Crippen molar-refractivity contribution in [3.8, 4) is 0 Å². The molecule has 20 heavy (non-hydrogen) atoms. The van der Waals surface area contributed by atoms with E-state index in [0.717, 1.165) is 39.1 Å². The van der Waals surface area contributed by atoms with Crippen LogP contribution in [-0.4, -0.2) is 74.2 Å². The van der Waals surface area contributed by atoms with Crippen LogP contribution in [0.2, 0.25) is 0 Å². The molecule has 1 heterocycles. The lowest BCUT2D eigenvalue weighted by Gasteiger charge is -2.37. The van der Waals surface area contributed by atoms with Crippen LogP contribution in [0.5, 0.6) is 0 Å². The topological polar surface area (TPSA) is 59.1 Å². The first kappa shape index (κ1) is 16.9. The summed E-state index contributed by atoms with van der Waals surface area (Å²) >= 11 is 0. The predicted molar refractivity (Wildman–Crippen MR) is 75.4 cm³/mol. The van der Waals surface area contributed by atoms with Crippen LogP contribution in [0.3, 0.4) is 0 Å². The molecule has 0 N–H and O–H groups in total. The number of esters is 2. The summed E-state index contributed by atoms with van der Waals surface area (Å²) in [4.78, 5) is 27.4. The van der Waals surface area contributed by atoms with E-state index >= 15 is 0 Å². The minimum atomic E-state index is -0.176. The molecule has 0 saturated carbocycles. The molecule has 1 aliphatic heterocycles. The van der Waals surface area contributed by atoms with Crippen molar-refractivity contribution in [3.05, 3.63) is 0 Å². The zero-order chi connectivity index (χ0) is 15.0. The highest BCUT2D eigenvalue weighted by molar-refractivity contribution is 5.75. The maximum absolute atomic E-state index is 11.9. The van der Waals surface area contributed by atoms with Gasteiger partial charge in [-0.05, 0) is 13.3 Å². The van der Waals surface area contributed by atoms with Crippen LogP contribution >= 0.6 is 0 Å². The van der Waals surface area contributed by atoms with Gasteiger partial charge in [0.15, 0.2) is 0 Å². The molecule has 1 aliphatic rings. The van der Waals surface area contributed by atoms with Crippen molar-refractivity contribution in [1.82, 2.24) is 9.80 Å². The maximum atomic E-state index is 11.9. The summed E-state index contributed by atoms with van der Waals surface area (Å²) in [5.74, 6) is -0.302. The van der Waals surface area contributed by atoms with Crippen molar-refractivity contribution in [2.75, 3.05) is 46.4 Å². The van der Waals surface area contributed by atoms with Gasteiger partial charge in [-0.15, -0.1) is 0 Å². The summed E-state index contributed by atoms with van der Waals surface area (Å²) < 4.78 is 9.75. The molecule has 0 aromatic carbocycles. The van der Waals surface area contributed by atoms with Gasteiger partial charge in [0.2, 0.25) is 0 Å². The Labute approximate surface area is 121 Å². The third-order valence-electron chi connectivity index (χ3n) is 3.65. The molecule has 0 spiro atoms. The Morgan fingerprint density at radius 2 is 1.80 bits per heavy atom. The summed E-state index contributed by atoms with van der Waals surface area (Å²) in [7, 11) is 1.41. The molecule has 0 aromatic rings. The number of hydrogen-bond acceptors (Lipinski definition) is 6. The molecule has 116 valence electrons. The quantitative estimate of drug-likeness (QED) is 0.636. The largest absolute Gasteiger partial charge is 0.469 e. The van der Waals surface area contributed by atoms with Crippen molar-refractivity contribution in [3.63, 3.8) is 0 Å². The Balaban J connectivity index is 2.36. The highest BCUT2D eigenvalue weighted by Crippen LogP contribution is 2.11. The first-order valence-electron chi connectivity index (χ1n) is 7.32. The first-order chi connectivity index (χ1) is 9.62. The Hall–Kier alpha value is -1.14. The number of carbonyl (C=O) groups is 2. The Kier molecular flexibility index (Phi) is 7.54. The van der Waals surface area contributed by atoms with Crippen LogP contribution < -0.4 is 0 Å². The maximum Gasteiger partial charge on any atom is 0.323 e. The molecule has 6 heteroatoms. The lowest BCUT2D eigenvalue weighted by molar-refractivity contribution is -0.150. The van der Waals surface area contributed by atoms with E-state index in [-0.39, 0.29) is 18.0 Å². The van der Waals surface area contributed by atoms with Gasteiger partial charge in [0.05, 0.1) is 20.1 Å². The Bertz CT molecular complexity index is 314. The van der Waals surface area contributed by atoms with Crippen LogP contribution in [0.4, 0.5) is 0 Å². The van der Waals surface area contributed by atoms with Gasteiger partial charge >= 0.3 is 11.9 Å². The molecule has 0 bridgehead atoms. The van der Waals surface area contributed by atoms with Crippen molar-refractivity contribution in [2.45, 2.75) is 32.7 Å². The Morgan fingerprint density at radius 3 is 2.30 bits per heavy atom. The van der Waals surface area contributed by atoms with E-state index in [1.54, 1.807) is 0 Å². The Morgan fingerprint density at radius 1 is 1.15 bits per heavy atom. The van der Waals surface area contributed by atoms with Crippen LogP contribution in [0.1, 0.15) is 26.7 Å². The van der Waals surface area contributed by atoms with E-state index in [1.165, 1.54) is 7.11 Å². The molecule has 0 aliphatic carbocycles. The van der Waals surface area contributed by atoms with Crippen LogP contribution in [0.15, 0.2) is 0 Å². The molecule has 1 fully saturated rings. The van der Waals surface area contributed by atoms with Gasteiger partial charge in [0.25, 0.3) is 0 Å². The van der Waals surface area contributed by atoms with Gasteiger partial charge in [-0.25, -0.2) is 0 Å². The van der Waals surface area contributed by atoms with Crippen molar-refractivity contribution < 1.29 is 19.1 Å². The summed E-state index contributed by atoms with van der Waals surface area (Å²) in [5.41, 5.74) is 0. The van der Waals surface area contributed by atoms with E-state index in [0.29, 0.717) is 13.0 Å². The van der Waals surface area contributed by atoms with Crippen LogP contribution in [-0.2, 0) is 19.1 Å². The lowest BCUT2D eigenvalue weighted by Crippen LogP contribution is -2.53. The fraction of sp³-hybridized carbons (Fsp3) is 0.857. The third kappa shape index (κ3) is 5.09. The van der Waals surface area contributed by atoms with E-state index in [2.05, 4.69) is 14.5 Å². The number of nitrogens with zero attached hydrogens (tertiary/aromatic N) is 2. The molecule has 0 amide bonds. The highest BCUT2D eigenvalue weighted by atomic mass is 16.5. The van der Waals surface area contributed by atoms with Crippen molar-refractivity contribution in [2.24, 2.45) is 0 Å². The van der Waals surface area contributed by atoms with E-state index in [4.69, 9.17) is 4.74 Å². The van der Waals surface area contributed by atoms with Crippen molar-refractivity contribution >= 4 is 11.9 Å². The van der Waals surface area contributed by atoms with Gasteiger partial charge in [0, 0.05) is 32.7 Å². The molecular formula is C14H26N2O4. The van der Waals surface area contributed by atoms with Gasteiger partial charge in [-0.1, -0.05) is 6.92 Å². The molecule has 1 rings (SSSR count). The van der Waals surface area contributed by atoms with E-state index < -0.39 is 0 Å². The average molecular weight is 286 g/mol. The molecule has 6 nitrogen and oxygen atoms in total. The summed E-state index contributed by atoms with van der Waals surface area (Å²) in [6.07, 6.45) is 1.19. The summed E-state index contributed by atoms with van der Waals surface area (Å²) in [6, 6.07) is -0.141. The first-order valence-corrected chi connectivity index (χ1v) is 7.32. The monoisotopic (exact) mass is 286 g/mol. The second-order valence-electron chi connectivity index (χ2n) is 4.88. The summed E-state index contributed by atoms with van der Waals surface area (Å²) in [6.45, 7) is 8.38. The van der Waals surface area contributed by atoms with Gasteiger partial charge in [-0.2, -0.15) is 0 Å². The van der Waals surface area contributed by atoms with Crippen LogP contribution in [0, 0.1) is 0 Å². The number of piperazine rings is 1. The number of carbonyl (C=O) groups excluding carboxylic acids is 2. The molecular weight excluding hydrogens is 260 g/mol. The second kappa shape index (κ2) is 8.92. The van der Waals surface area contributed by atoms with Gasteiger partial charge in [0.1, 0.15) is 6.04 Å². The number of rotatable bonds is 7. The normalized spacial score (nSPS) is 18.6. The lowest BCUT2D eigenvalue weighted by atomic mass is 10.1. The van der Waals surface area contributed by atoms with E-state index in [1.807, 2.05) is 13.8 Å². The van der Waals surface area contributed by atoms with E-state index in [9.17, 15) is 9.59 Å². The molecule has 1 saturated heterocycles. The molecule has 1 unspecified atom stereocenters. The van der Waals surface area contributed by atoms with Crippen LogP contribution in [0.25, 0.3) is 0 Å². The standard InChI is InChI=1S/C14H26N2O4/c1-4-12(14(18)20-5-2)16-10-8-15(9-11-16)7-6-13(17)19-3/h12H,4-11H2,1-3H3. The molecule has 0 aromatic heterocycles. The average Bonchev–Trinajstić information content (AvgIpc) is 2.47. The second-order valence-corrected chi connectivity index (χ2v) is 4.88. The fourth-order valence-corrected chi connectivity index (χ4v) is 2.46. The fourth-order valence-electron chi connectivity index (χ4n) is 2.46. The molecule has 0 radical (unpaired) electrons. The number of hydrogen-bond donors (Lipinski definition) is 0. The van der Waals surface area contributed by atoms with Gasteiger partial charge in [-0.3, -0.25) is 14.5 Å². The van der Waals surface area contributed by atoms with Crippen molar-refractivity contribution in [1.29, 1.82) is 0 Å². The smallest absolute Gasteiger partial charge is 0.323 e.